The predicted octanol–water partition coefficient (Wildman–Crippen LogP) is 3.17. The number of benzene rings is 2. The molecule has 31 heavy (non-hydrogen) atoms. The van der Waals surface area contributed by atoms with Crippen molar-refractivity contribution >= 4 is 44.3 Å². The number of carbonyl (C=O) groups is 1. The molecule has 2 aromatic carbocycles. The Hall–Kier alpha value is -3.94. The molecule has 2 N–H and O–H groups in total. The van der Waals surface area contributed by atoms with Gasteiger partial charge in [0.05, 0.1) is 10.7 Å². The molecule has 154 valence electrons. The predicted molar refractivity (Wildman–Crippen MR) is 111 cm³/mol. The molecule has 0 fully saturated rings. The molecule has 0 saturated heterocycles. The van der Waals surface area contributed by atoms with Crippen molar-refractivity contribution in [2.45, 2.75) is 4.90 Å². The molecular formula is C20H11ClN4O5S. The van der Waals surface area contributed by atoms with Gasteiger partial charge < -0.3 is 5.11 Å². The van der Waals surface area contributed by atoms with Crippen molar-refractivity contribution in [1.82, 2.24) is 15.3 Å². The van der Waals surface area contributed by atoms with E-state index in [-0.39, 0.29) is 32.3 Å². The van der Waals surface area contributed by atoms with Gasteiger partial charge in [-0.1, -0.05) is 35.6 Å². The summed E-state index contributed by atoms with van der Waals surface area (Å²) in [5.74, 6) is 4.55. The molecule has 2 heterocycles. The van der Waals surface area contributed by atoms with Gasteiger partial charge in [0, 0.05) is 17.3 Å². The lowest BCUT2D eigenvalue weighted by atomic mass is 10.1. The lowest BCUT2D eigenvalue weighted by molar-refractivity contribution is 0.0690. The molecule has 9 nitrogen and oxygen atoms in total. The van der Waals surface area contributed by atoms with Crippen LogP contribution in [0.5, 0.6) is 0 Å². The summed E-state index contributed by atoms with van der Waals surface area (Å²) in [6.45, 7) is 0. The van der Waals surface area contributed by atoms with Gasteiger partial charge in [0.2, 0.25) is 0 Å². The second-order valence-electron chi connectivity index (χ2n) is 6.15. The molecule has 0 aliphatic carbocycles. The molecule has 4 rings (SSSR count). The standard InChI is InChI=1S/C20H11ClN4O5S/c21-14-8-10-17(19-18(14)23-30-24-19)31(28,29)25-15-4-2-1-3-13(15)7-5-12-6-9-16(20(26)27)22-11-12/h1-4,6,8-11,25H,(H,26,27). The highest BCUT2D eigenvalue weighted by atomic mass is 35.5. The maximum Gasteiger partial charge on any atom is 0.354 e. The summed E-state index contributed by atoms with van der Waals surface area (Å²) >= 11 is 6.00. The third-order valence-electron chi connectivity index (χ3n) is 4.11. The normalized spacial score (nSPS) is 11.0. The number of pyridine rings is 1. The summed E-state index contributed by atoms with van der Waals surface area (Å²) < 4.78 is 33.1. The Kier molecular flexibility index (Phi) is 5.29. The summed E-state index contributed by atoms with van der Waals surface area (Å²) in [7, 11) is -4.06. The van der Waals surface area contributed by atoms with Crippen LogP contribution in [0, 0.1) is 11.8 Å². The summed E-state index contributed by atoms with van der Waals surface area (Å²) in [6, 6.07) is 12.1. The highest BCUT2D eigenvalue weighted by Gasteiger charge is 2.23. The summed E-state index contributed by atoms with van der Waals surface area (Å²) in [4.78, 5) is 14.5. The van der Waals surface area contributed by atoms with Crippen LogP contribution < -0.4 is 4.72 Å². The maximum absolute atomic E-state index is 13.0. The number of para-hydroxylation sites is 1. The van der Waals surface area contributed by atoms with Crippen molar-refractivity contribution in [2.75, 3.05) is 4.72 Å². The van der Waals surface area contributed by atoms with Crippen molar-refractivity contribution in [2.24, 2.45) is 0 Å². The number of aromatic carboxylic acids is 1. The molecule has 0 radical (unpaired) electrons. The van der Waals surface area contributed by atoms with Crippen LogP contribution in [0.3, 0.4) is 0 Å². The monoisotopic (exact) mass is 454 g/mol. The number of rotatable bonds is 4. The second-order valence-corrected chi connectivity index (χ2v) is 8.20. The largest absolute Gasteiger partial charge is 0.477 e. The number of hydrogen-bond acceptors (Lipinski definition) is 7. The Labute approximate surface area is 180 Å². The lowest BCUT2D eigenvalue weighted by Gasteiger charge is -2.10. The Bertz CT molecular complexity index is 1470. The maximum atomic E-state index is 13.0. The topological polar surface area (TPSA) is 135 Å². The number of nitrogens with one attached hydrogen (secondary N) is 1. The first-order chi connectivity index (χ1) is 14.8. The van der Waals surface area contributed by atoms with Gasteiger partial charge in [-0.25, -0.2) is 22.8 Å². The highest BCUT2D eigenvalue weighted by Crippen LogP contribution is 2.28. The number of fused-ring (bicyclic) bond motifs is 1. The molecule has 0 bridgehead atoms. The molecule has 0 saturated carbocycles. The minimum Gasteiger partial charge on any atom is -0.477 e. The minimum atomic E-state index is -4.06. The number of halogens is 1. The molecular weight excluding hydrogens is 444 g/mol. The van der Waals surface area contributed by atoms with E-state index in [1.54, 1.807) is 24.3 Å². The van der Waals surface area contributed by atoms with Crippen molar-refractivity contribution in [3.8, 4) is 11.8 Å². The van der Waals surface area contributed by atoms with E-state index in [0.29, 0.717) is 11.1 Å². The van der Waals surface area contributed by atoms with Crippen LogP contribution in [0.1, 0.15) is 21.6 Å². The van der Waals surface area contributed by atoms with Gasteiger partial charge in [0.15, 0.2) is 11.0 Å². The van der Waals surface area contributed by atoms with Crippen LogP contribution in [0.25, 0.3) is 11.0 Å². The van der Waals surface area contributed by atoms with Gasteiger partial charge in [0.25, 0.3) is 10.0 Å². The van der Waals surface area contributed by atoms with Crippen molar-refractivity contribution in [1.29, 1.82) is 0 Å². The Morgan fingerprint density at radius 2 is 1.81 bits per heavy atom. The third-order valence-corrected chi connectivity index (χ3v) is 5.82. The van der Waals surface area contributed by atoms with E-state index in [1.807, 2.05) is 0 Å². The van der Waals surface area contributed by atoms with Gasteiger partial charge in [-0.05, 0) is 46.7 Å². The van der Waals surface area contributed by atoms with E-state index in [1.165, 1.54) is 30.5 Å². The van der Waals surface area contributed by atoms with Gasteiger partial charge in [-0.2, -0.15) is 0 Å². The average Bonchev–Trinajstić information content (AvgIpc) is 3.24. The third kappa shape index (κ3) is 4.18. The fourth-order valence-electron chi connectivity index (χ4n) is 2.65. The van der Waals surface area contributed by atoms with Crippen molar-refractivity contribution in [3.63, 3.8) is 0 Å². The Morgan fingerprint density at radius 1 is 1.03 bits per heavy atom. The van der Waals surface area contributed by atoms with E-state index in [9.17, 15) is 13.2 Å². The van der Waals surface area contributed by atoms with E-state index < -0.39 is 16.0 Å². The molecule has 4 aromatic rings. The summed E-state index contributed by atoms with van der Waals surface area (Å²) in [5, 5.41) is 16.4. The number of hydrogen-bond donors (Lipinski definition) is 2. The lowest BCUT2D eigenvalue weighted by Crippen LogP contribution is -2.14. The first-order valence-corrected chi connectivity index (χ1v) is 10.5. The molecule has 0 atom stereocenters. The fraction of sp³-hybridized carbons (Fsp3) is 0. The van der Waals surface area contributed by atoms with Crippen molar-refractivity contribution < 1.29 is 22.9 Å². The number of nitrogens with zero attached hydrogens (tertiary/aromatic N) is 3. The number of carboxylic acids is 1. The van der Waals surface area contributed by atoms with Gasteiger partial charge in [-0.3, -0.25) is 4.72 Å². The Balaban J connectivity index is 1.67. The molecule has 0 aliphatic rings. The summed E-state index contributed by atoms with van der Waals surface area (Å²) in [5.41, 5.74) is 1.15. The van der Waals surface area contributed by atoms with Crippen LogP contribution in [0.2, 0.25) is 5.02 Å². The fourth-order valence-corrected chi connectivity index (χ4v) is 4.05. The van der Waals surface area contributed by atoms with E-state index in [0.717, 1.165) is 0 Å². The summed E-state index contributed by atoms with van der Waals surface area (Å²) in [6.07, 6.45) is 1.32. The number of aromatic nitrogens is 3. The second kappa shape index (κ2) is 8.06. The first-order valence-electron chi connectivity index (χ1n) is 8.59. The van der Waals surface area contributed by atoms with Crippen LogP contribution in [-0.4, -0.2) is 34.8 Å². The average molecular weight is 455 g/mol. The SMILES string of the molecule is O=C(O)c1ccc(C#Cc2ccccc2NS(=O)(=O)c2ccc(Cl)c3nonc23)cn1. The Morgan fingerprint density at radius 3 is 2.55 bits per heavy atom. The molecule has 0 unspecified atom stereocenters. The zero-order valence-corrected chi connectivity index (χ0v) is 17.0. The molecule has 2 aromatic heterocycles. The zero-order chi connectivity index (χ0) is 22.0. The van der Waals surface area contributed by atoms with Crippen molar-refractivity contribution in [3.05, 3.63) is 76.6 Å². The molecule has 0 aliphatic heterocycles. The number of sulfonamides is 1. The number of carboxylic acid groups (broad SMARTS) is 1. The number of anilines is 1. The van der Waals surface area contributed by atoms with Crippen LogP contribution in [-0.2, 0) is 10.0 Å². The van der Waals surface area contributed by atoms with Crippen LogP contribution in [0.4, 0.5) is 5.69 Å². The van der Waals surface area contributed by atoms with Gasteiger partial charge in [-0.15, -0.1) is 0 Å². The zero-order valence-electron chi connectivity index (χ0n) is 15.4. The smallest absolute Gasteiger partial charge is 0.354 e. The first kappa shape index (κ1) is 20.3. The van der Waals surface area contributed by atoms with Crippen LogP contribution >= 0.6 is 11.6 Å². The minimum absolute atomic E-state index is 0.00756. The van der Waals surface area contributed by atoms with Gasteiger partial charge in [0.1, 0.15) is 10.6 Å². The quantitative estimate of drug-likeness (QED) is 0.449. The van der Waals surface area contributed by atoms with Crippen LogP contribution in [0.15, 0.2) is 64.3 Å². The molecule has 0 spiro atoms. The highest BCUT2D eigenvalue weighted by molar-refractivity contribution is 7.93. The van der Waals surface area contributed by atoms with E-state index >= 15 is 0 Å². The van der Waals surface area contributed by atoms with E-state index in [2.05, 4.69) is 36.5 Å². The molecule has 11 heteroatoms. The van der Waals surface area contributed by atoms with Gasteiger partial charge >= 0.3 is 5.97 Å². The molecule has 0 amide bonds. The van der Waals surface area contributed by atoms with E-state index in [4.69, 9.17) is 16.7 Å².